The molecule has 8 N–H and O–H groups in total. The van der Waals surface area contributed by atoms with E-state index in [-0.39, 0.29) is 72.0 Å². The molecule has 4 aromatic carbocycles. The number of likely N-dealkylation sites (N-methyl/N-ethyl adjacent to an activating group) is 3. The second-order valence-corrected chi connectivity index (χ2v) is 37.2. The number of nitrogen functional groups attached to an aromatic ring is 4. The average molecular weight is 1900 g/mol. The van der Waals surface area contributed by atoms with Crippen LogP contribution in [0.2, 0.25) is 0 Å². The zero-order valence-electron chi connectivity index (χ0n) is 79.9. The zero-order chi connectivity index (χ0) is 98.5. The Kier molecular flexibility index (Phi) is 27.7. The van der Waals surface area contributed by atoms with Crippen LogP contribution in [0.25, 0.3) is 90.3 Å². The summed E-state index contributed by atoms with van der Waals surface area (Å²) in [5.41, 5.74) is 34.1. The second-order valence-electron chi connectivity index (χ2n) is 37.2. The van der Waals surface area contributed by atoms with Crippen molar-refractivity contribution in [1.82, 2.24) is 129 Å². The van der Waals surface area contributed by atoms with E-state index in [9.17, 15) is 23.2 Å². The van der Waals surface area contributed by atoms with Gasteiger partial charge in [-0.25, -0.2) is 29.3 Å². The van der Waals surface area contributed by atoms with Gasteiger partial charge >= 0.3 is 0 Å². The highest BCUT2D eigenvalue weighted by molar-refractivity contribution is 5.77. The van der Waals surface area contributed by atoms with Crippen molar-refractivity contribution >= 4 is 41.3 Å². The molecule has 16 aromatic rings. The zero-order valence-corrected chi connectivity index (χ0v) is 79.9. The number of pyridine rings is 2. The molecule has 4 atom stereocenters. The summed E-state index contributed by atoms with van der Waals surface area (Å²) >= 11 is 0. The third-order valence-corrected chi connectivity index (χ3v) is 26.9. The number of carbonyl (C=O) groups excluding carboxylic acids is 3. The number of rotatable bonds is 29. The third-order valence-electron chi connectivity index (χ3n) is 26.9. The molecule has 1 saturated heterocycles. The van der Waals surface area contributed by atoms with Crippen molar-refractivity contribution in [3.05, 3.63) is 253 Å². The lowest BCUT2D eigenvalue weighted by Gasteiger charge is -2.31. The van der Waals surface area contributed by atoms with Crippen molar-refractivity contribution in [3.8, 4) is 90.3 Å². The molecule has 1 aliphatic heterocycles. The van der Waals surface area contributed by atoms with Gasteiger partial charge in [0.1, 0.15) is 25.5 Å². The quantitative estimate of drug-likeness (QED) is 0.0316. The van der Waals surface area contributed by atoms with E-state index in [4.69, 9.17) is 65.7 Å². The van der Waals surface area contributed by atoms with Crippen LogP contribution in [0.1, 0.15) is 126 Å². The number of nitrogens with two attached hydrogens (primary N) is 4. The molecule has 0 bridgehead atoms. The van der Waals surface area contributed by atoms with Crippen molar-refractivity contribution < 1.29 is 46.0 Å². The Bertz CT molecular complexity index is 6990. The molecule has 3 aliphatic carbocycles. The number of ether oxygens (including phenoxy) is 1. The highest BCUT2D eigenvalue weighted by Gasteiger charge is 2.51. The number of morpholine rings is 1. The maximum Gasteiger partial charge on any atom is 0.261 e. The highest BCUT2D eigenvalue weighted by atomic mass is 19.1. The molecule has 3 saturated carbocycles. The van der Waals surface area contributed by atoms with Crippen LogP contribution in [0.5, 0.6) is 0 Å². The first-order chi connectivity index (χ1) is 67.3. The summed E-state index contributed by atoms with van der Waals surface area (Å²) in [7, 11) is 10.2. The Morgan fingerprint density at radius 3 is 1.14 bits per heavy atom. The molecule has 3 amide bonds. The van der Waals surface area contributed by atoms with E-state index in [1.807, 2.05) is 65.5 Å². The van der Waals surface area contributed by atoms with Gasteiger partial charge in [0.2, 0.25) is 35.6 Å². The number of aromatic nitrogens is 22. The molecule has 140 heavy (non-hydrogen) atoms. The first kappa shape index (κ1) is 95.8. The molecule has 4 aliphatic rings. The van der Waals surface area contributed by atoms with Crippen LogP contribution < -0.4 is 22.9 Å². The Balaban J connectivity index is 0.000000129. The van der Waals surface area contributed by atoms with Crippen molar-refractivity contribution in [2.45, 2.75) is 128 Å². The molecule has 40 heteroatoms. The summed E-state index contributed by atoms with van der Waals surface area (Å²) in [6.45, 7) is 18.5. The van der Waals surface area contributed by atoms with E-state index in [0.29, 0.717) is 98.2 Å². The number of carbonyl (C=O) groups is 3. The molecular weight excluding hydrogens is 1790 g/mol. The van der Waals surface area contributed by atoms with Gasteiger partial charge in [0.25, 0.3) is 23.6 Å². The molecule has 0 radical (unpaired) electrons. The van der Waals surface area contributed by atoms with Crippen LogP contribution in [0.3, 0.4) is 0 Å². The Morgan fingerprint density at radius 2 is 0.750 bits per heavy atom. The van der Waals surface area contributed by atoms with E-state index in [1.165, 1.54) is 27.0 Å². The number of nitrogens with zero attached hydrogens (tertiary/aromatic N) is 26. The lowest BCUT2D eigenvalue weighted by Crippen LogP contribution is -2.38. The minimum atomic E-state index is -0.661. The van der Waals surface area contributed by atoms with Crippen LogP contribution in [0.4, 0.5) is 32.3 Å². The van der Waals surface area contributed by atoms with Crippen LogP contribution in [-0.2, 0) is 67.0 Å². The van der Waals surface area contributed by atoms with Gasteiger partial charge in [0.15, 0.2) is 34.9 Å². The Morgan fingerprint density at radius 1 is 0.393 bits per heavy atom. The van der Waals surface area contributed by atoms with Gasteiger partial charge in [-0.05, 0) is 153 Å². The van der Waals surface area contributed by atoms with Crippen LogP contribution >= 0.6 is 0 Å². The van der Waals surface area contributed by atoms with Crippen molar-refractivity contribution in [3.63, 3.8) is 0 Å². The van der Waals surface area contributed by atoms with Gasteiger partial charge in [0, 0.05) is 134 Å². The van der Waals surface area contributed by atoms with Gasteiger partial charge in [-0.1, -0.05) is 132 Å². The average Bonchev–Trinajstić information content (AvgIpc) is 1.61. The van der Waals surface area contributed by atoms with E-state index >= 15 is 0 Å². The first-order valence-corrected chi connectivity index (χ1v) is 46.1. The number of hydrogen-bond acceptors (Lipinski definition) is 31. The van der Waals surface area contributed by atoms with Gasteiger partial charge in [-0.15, -0.1) is 0 Å². The normalized spacial score (nSPS) is 15.4. The van der Waals surface area contributed by atoms with E-state index in [0.717, 1.165) is 134 Å². The van der Waals surface area contributed by atoms with Crippen molar-refractivity contribution in [1.29, 1.82) is 0 Å². The van der Waals surface area contributed by atoms with Crippen molar-refractivity contribution in [2.75, 3.05) is 98.1 Å². The number of benzene rings is 4. The van der Waals surface area contributed by atoms with Gasteiger partial charge < -0.3 is 60.5 Å². The minimum absolute atomic E-state index is 0.0413. The fourth-order valence-electron chi connectivity index (χ4n) is 17.0. The summed E-state index contributed by atoms with van der Waals surface area (Å²) in [5.74, 6) is 4.64. The highest BCUT2D eigenvalue weighted by Crippen LogP contribution is 2.54. The number of anilines is 4. The molecule has 722 valence electrons. The molecule has 20 rings (SSSR count). The number of amides is 3. The molecule has 13 heterocycles. The van der Waals surface area contributed by atoms with E-state index in [1.54, 1.807) is 131 Å². The van der Waals surface area contributed by atoms with E-state index in [2.05, 4.69) is 166 Å². The maximum absolute atomic E-state index is 14.3. The molecule has 4 fully saturated rings. The topological polar surface area (TPSA) is 482 Å². The summed E-state index contributed by atoms with van der Waals surface area (Å²) < 4.78 is 62.7. The van der Waals surface area contributed by atoms with Crippen LogP contribution in [0.15, 0.2) is 214 Å². The minimum Gasteiger partial charge on any atom is -0.384 e. The molecular formula is C100H110F2N30O8. The second kappa shape index (κ2) is 40.4. The van der Waals surface area contributed by atoms with Crippen LogP contribution in [-0.4, -0.2) is 222 Å². The monoisotopic (exact) mass is 1900 g/mol. The van der Waals surface area contributed by atoms with Gasteiger partial charge in [-0.3, -0.25) is 38.0 Å². The molecule has 1 unspecified atom stereocenters. The largest absolute Gasteiger partial charge is 0.384 e. The predicted molar refractivity (Wildman–Crippen MR) is 516 cm³/mol. The summed E-state index contributed by atoms with van der Waals surface area (Å²) in [5, 5.41) is 34.7. The lowest BCUT2D eigenvalue weighted by molar-refractivity contribution is -0.130. The summed E-state index contributed by atoms with van der Waals surface area (Å²) in [4.78, 5) is 85.6. The smallest absolute Gasteiger partial charge is 0.261 e. The molecule has 12 aromatic heterocycles. The fraction of sp³-hybridized carbons (Fsp3) is 0.350. The summed E-state index contributed by atoms with van der Waals surface area (Å²) in [6.07, 6.45) is 28.5. The van der Waals surface area contributed by atoms with Gasteiger partial charge in [-0.2, -0.15) is 49.7 Å². The molecule has 0 spiro atoms. The standard InChI is InChI=1S/C26H32N8O2.C25H26FN7O2.C25H27N7O2.C24H25FN8O2/c1-18(2)26(3,22-6-4-19(5-7-22)20-14-28-25(27)29-15-20)24-31-23(36-32-24)21-16-30-34(17-21)9-8-33-10-12-35-13-11-33;1-25(19-8-9-19,18-6-4-15(5-7-18)16-10-20(26)22(27)28-11-16)24-30-23(35-31-24)17-12-29-33(13-17)14-21(34)32(2)3;1-25(20-9-10-20,19-7-4-16(5-8-19)17-6-11-21(26)27-12-17)24-29-23(34-30-24)18-13-28-32(14-18)15-22(33)31(2)3;1-24(17-8-9-17,16-6-4-14(5-7-16)18-11-27-23(26)29-20(18)25)22-30-21(35-31-22)15-10-28-33(12-15)13-19(34)32(2)3/h4-7,14-18H,8-13H2,1-3H3,(H2,27,28,29);4-7,10-13,19H,8-9,14H2,1-3H3,(H2,27,28);4-8,11-14,20H,9-10,15H2,1-3H3,(H2,26,27);4-7,10-12,17H,8-9,13H2,1-3H3,(H2,26,27,29)/t;2*25-;24-/m.000/s1. The SMILES string of the molecule is CC(C)C(C)(c1ccc(-c2cnc(N)nc2)cc1)c1noc(-c2cnn(CCN3CCOCC3)c2)n1.CN(C)C(=O)Cn1cc(-c2nc([C@@](C)(c3ccc(-c4ccc(N)nc4)cc3)C3CC3)no2)cn1.CN(C)C(=O)Cn1cc(-c2nc([C@@](C)(c3ccc(-c4cnc(N)c(F)c4)cc3)C3CC3)no2)cn1.CN(C)C(=O)Cn1cc(-c2nc([C@@](C)(c3ccc(-c4cnc(N)nc4F)cc3)C3CC3)no2)cn1. The first-order valence-electron chi connectivity index (χ1n) is 46.1. The molecule has 38 nitrogen and oxygen atoms in total. The Hall–Kier alpha value is -15.9. The van der Waals surface area contributed by atoms with Crippen molar-refractivity contribution in [2.24, 2.45) is 23.7 Å². The lowest BCUT2D eigenvalue weighted by atomic mass is 9.72. The maximum atomic E-state index is 14.3. The van der Waals surface area contributed by atoms with E-state index < -0.39 is 28.0 Å². The number of halogens is 2. The fourth-order valence-corrected chi connectivity index (χ4v) is 17.0. The summed E-state index contributed by atoms with van der Waals surface area (Å²) in [6, 6.07) is 37.4. The van der Waals surface area contributed by atoms with Gasteiger partial charge in [0.05, 0.1) is 94.0 Å². The third kappa shape index (κ3) is 21.0. The van der Waals surface area contributed by atoms with Crippen LogP contribution in [0, 0.1) is 35.4 Å². The predicted octanol–water partition coefficient (Wildman–Crippen LogP) is 13.1. The number of hydrogen-bond donors (Lipinski definition) is 4. The Labute approximate surface area is 805 Å².